The van der Waals surface area contributed by atoms with Crippen molar-refractivity contribution in [1.29, 1.82) is 0 Å². The maximum absolute atomic E-state index is 12.0. The van der Waals surface area contributed by atoms with Crippen LogP contribution in [-0.4, -0.2) is 25.6 Å². The first kappa shape index (κ1) is 17.5. The van der Waals surface area contributed by atoms with E-state index in [2.05, 4.69) is 5.32 Å². The Morgan fingerprint density at radius 2 is 1.83 bits per heavy atom. The van der Waals surface area contributed by atoms with Crippen LogP contribution < -0.4 is 10.1 Å². The Bertz CT molecular complexity index is 713. The molecule has 0 saturated heterocycles. The molecule has 0 fully saturated rings. The van der Waals surface area contributed by atoms with Gasteiger partial charge in [-0.3, -0.25) is 4.79 Å². The summed E-state index contributed by atoms with van der Waals surface area (Å²) in [6.07, 6.45) is 0. The van der Waals surface area contributed by atoms with Crippen molar-refractivity contribution < 1.29 is 19.1 Å². The number of hydrogen-bond acceptors (Lipinski definition) is 4. The van der Waals surface area contributed by atoms with E-state index in [9.17, 15) is 9.59 Å². The molecule has 2 rings (SSSR count). The third kappa shape index (κ3) is 4.59. The summed E-state index contributed by atoms with van der Waals surface area (Å²) in [5.74, 6) is -0.304. The molecule has 0 aliphatic heterocycles. The number of carbonyl (C=O) groups is 2. The van der Waals surface area contributed by atoms with E-state index in [1.165, 1.54) is 7.11 Å². The van der Waals surface area contributed by atoms with Gasteiger partial charge in [0.15, 0.2) is 6.61 Å². The highest BCUT2D eigenvalue weighted by molar-refractivity contribution is 5.91. The Hall–Kier alpha value is -2.82. The van der Waals surface area contributed by atoms with E-state index in [0.29, 0.717) is 11.3 Å². The molecule has 0 aromatic heterocycles. The number of carbonyl (C=O) groups excluding carboxylic acids is 2. The summed E-state index contributed by atoms with van der Waals surface area (Å²) in [5.41, 5.74) is 2.25. The number of hydrogen-bond donors (Lipinski definition) is 1. The number of benzene rings is 2. The van der Waals surface area contributed by atoms with Crippen molar-refractivity contribution in [3.05, 3.63) is 65.2 Å². The molecule has 0 aliphatic carbocycles. The Morgan fingerprint density at radius 3 is 2.50 bits per heavy atom. The van der Waals surface area contributed by atoms with Crippen molar-refractivity contribution >= 4 is 11.9 Å². The van der Waals surface area contributed by atoms with Crippen LogP contribution in [-0.2, 0) is 9.53 Å². The first-order chi connectivity index (χ1) is 11.5. The molecule has 2 aromatic carbocycles. The van der Waals surface area contributed by atoms with Gasteiger partial charge in [-0.25, -0.2) is 4.79 Å². The standard InChI is InChI=1S/C19H21NO4/c1-13-9-10-16(11-17(13)23-3)19(22)24-12-18(21)20-14(2)15-7-5-4-6-8-15/h4-11,14H,12H2,1-3H3,(H,20,21)/t14-/m0/s1. The van der Waals surface area contributed by atoms with Crippen LogP contribution >= 0.6 is 0 Å². The fourth-order valence-corrected chi connectivity index (χ4v) is 2.27. The van der Waals surface area contributed by atoms with Crippen LogP contribution in [0.25, 0.3) is 0 Å². The summed E-state index contributed by atoms with van der Waals surface area (Å²) in [4.78, 5) is 24.0. The molecule has 1 N–H and O–H groups in total. The molecule has 2 aromatic rings. The minimum atomic E-state index is -0.559. The van der Waals surface area contributed by atoms with Gasteiger partial charge in [0.2, 0.25) is 0 Å². The number of aryl methyl sites for hydroxylation is 1. The van der Waals surface area contributed by atoms with E-state index < -0.39 is 5.97 Å². The molecule has 0 bridgehead atoms. The van der Waals surface area contributed by atoms with E-state index in [1.54, 1.807) is 18.2 Å². The van der Waals surface area contributed by atoms with Crippen LogP contribution in [0.15, 0.2) is 48.5 Å². The predicted molar refractivity (Wildman–Crippen MR) is 91.0 cm³/mol. The van der Waals surface area contributed by atoms with Gasteiger partial charge in [-0.15, -0.1) is 0 Å². The molecular formula is C19H21NO4. The molecule has 0 saturated carbocycles. The predicted octanol–water partition coefficient (Wildman–Crippen LogP) is 3.04. The SMILES string of the molecule is COc1cc(C(=O)OCC(=O)N[C@@H](C)c2ccccc2)ccc1C. The van der Waals surface area contributed by atoms with Crippen LogP contribution in [0.2, 0.25) is 0 Å². The Labute approximate surface area is 141 Å². The van der Waals surface area contributed by atoms with Crippen LogP contribution in [0.4, 0.5) is 0 Å². The summed E-state index contributed by atoms with van der Waals surface area (Å²) >= 11 is 0. The smallest absolute Gasteiger partial charge is 0.338 e. The highest BCUT2D eigenvalue weighted by Crippen LogP contribution is 2.19. The number of esters is 1. The number of ether oxygens (including phenoxy) is 2. The fourth-order valence-electron chi connectivity index (χ4n) is 2.27. The highest BCUT2D eigenvalue weighted by Gasteiger charge is 2.14. The quantitative estimate of drug-likeness (QED) is 0.828. The van der Waals surface area contributed by atoms with Gasteiger partial charge in [-0.1, -0.05) is 36.4 Å². The fraction of sp³-hybridized carbons (Fsp3) is 0.263. The van der Waals surface area contributed by atoms with E-state index in [0.717, 1.165) is 11.1 Å². The van der Waals surface area contributed by atoms with Crippen LogP contribution in [0.5, 0.6) is 5.75 Å². The summed E-state index contributed by atoms with van der Waals surface area (Å²) in [7, 11) is 1.54. The van der Waals surface area contributed by atoms with Gasteiger partial charge >= 0.3 is 5.97 Å². The molecule has 0 radical (unpaired) electrons. The van der Waals surface area contributed by atoms with Crippen molar-refractivity contribution in [2.24, 2.45) is 0 Å². The minimum absolute atomic E-state index is 0.156. The van der Waals surface area contributed by atoms with Gasteiger partial charge in [0.05, 0.1) is 18.7 Å². The maximum atomic E-state index is 12.0. The first-order valence-electron chi connectivity index (χ1n) is 7.67. The van der Waals surface area contributed by atoms with Gasteiger partial charge in [-0.2, -0.15) is 0 Å². The van der Waals surface area contributed by atoms with Crippen molar-refractivity contribution in [3.63, 3.8) is 0 Å². The van der Waals surface area contributed by atoms with Crippen molar-refractivity contribution in [2.45, 2.75) is 19.9 Å². The molecule has 1 amide bonds. The summed E-state index contributed by atoms with van der Waals surface area (Å²) in [6.45, 7) is 3.43. The molecule has 0 aliphatic rings. The second-order valence-corrected chi connectivity index (χ2v) is 5.46. The van der Waals surface area contributed by atoms with Gasteiger partial charge in [-0.05, 0) is 37.1 Å². The topological polar surface area (TPSA) is 64.6 Å². The number of rotatable bonds is 6. The van der Waals surface area contributed by atoms with E-state index in [4.69, 9.17) is 9.47 Å². The lowest BCUT2D eigenvalue weighted by Gasteiger charge is -2.14. The average Bonchev–Trinajstić information content (AvgIpc) is 2.60. The zero-order chi connectivity index (χ0) is 17.5. The molecule has 1 atom stereocenters. The molecular weight excluding hydrogens is 306 g/mol. The second kappa shape index (κ2) is 8.15. The van der Waals surface area contributed by atoms with Gasteiger partial charge in [0.1, 0.15) is 5.75 Å². The molecule has 5 heteroatoms. The van der Waals surface area contributed by atoms with Crippen LogP contribution in [0.1, 0.15) is 34.5 Å². The van der Waals surface area contributed by atoms with Crippen LogP contribution in [0, 0.1) is 6.92 Å². The number of methoxy groups -OCH3 is 1. The third-order valence-corrected chi connectivity index (χ3v) is 3.66. The molecule has 24 heavy (non-hydrogen) atoms. The normalized spacial score (nSPS) is 11.5. The second-order valence-electron chi connectivity index (χ2n) is 5.46. The number of nitrogens with one attached hydrogen (secondary N) is 1. The van der Waals surface area contributed by atoms with Crippen LogP contribution in [0.3, 0.4) is 0 Å². The van der Waals surface area contributed by atoms with E-state index in [-0.39, 0.29) is 18.6 Å². The summed E-state index contributed by atoms with van der Waals surface area (Å²) < 4.78 is 10.2. The van der Waals surface area contributed by atoms with Gasteiger partial charge in [0.25, 0.3) is 5.91 Å². The maximum Gasteiger partial charge on any atom is 0.338 e. The van der Waals surface area contributed by atoms with E-state index >= 15 is 0 Å². The van der Waals surface area contributed by atoms with Crippen molar-refractivity contribution in [2.75, 3.05) is 13.7 Å². The lowest BCUT2D eigenvalue weighted by Crippen LogP contribution is -2.31. The Balaban J connectivity index is 1.88. The largest absolute Gasteiger partial charge is 0.496 e. The average molecular weight is 327 g/mol. The lowest BCUT2D eigenvalue weighted by molar-refractivity contribution is -0.124. The molecule has 126 valence electrons. The molecule has 5 nitrogen and oxygen atoms in total. The molecule has 0 unspecified atom stereocenters. The van der Waals surface area contributed by atoms with Crippen molar-refractivity contribution in [3.8, 4) is 5.75 Å². The summed E-state index contributed by atoms with van der Waals surface area (Å²) in [6, 6.07) is 14.4. The van der Waals surface area contributed by atoms with E-state index in [1.807, 2.05) is 44.2 Å². The summed E-state index contributed by atoms with van der Waals surface area (Å²) in [5, 5.41) is 2.79. The minimum Gasteiger partial charge on any atom is -0.496 e. The first-order valence-corrected chi connectivity index (χ1v) is 7.67. The highest BCUT2D eigenvalue weighted by atomic mass is 16.5. The number of amides is 1. The Morgan fingerprint density at radius 1 is 1.12 bits per heavy atom. The lowest BCUT2D eigenvalue weighted by atomic mass is 10.1. The molecule has 0 heterocycles. The molecule has 0 spiro atoms. The van der Waals surface area contributed by atoms with Gasteiger partial charge in [0, 0.05) is 0 Å². The zero-order valence-electron chi connectivity index (χ0n) is 14.0. The third-order valence-electron chi connectivity index (χ3n) is 3.66. The van der Waals surface area contributed by atoms with Crippen molar-refractivity contribution in [1.82, 2.24) is 5.32 Å². The Kier molecular flexibility index (Phi) is 5.95. The van der Waals surface area contributed by atoms with Gasteiger partial charge < -0.3 is 14.8 Å². The monoisotopic (exact) mass is 327 g/mol. The zero-order valence-corrected chi connectivity index (χ0v) is 14.0.